The molecule has 0 spiro atoms. The van der Waals surface area contributed by atoms with Crippen LogP contribution in [0.4, 0.5) is 20.8 Å². The van der Waals surface area contributed by atoms with Crippen molar-refractivity contribution in [1.29, 1.82) is 0 Å². The molecule has 8 nitrogen and oxygen atoms in total. The lowest BCUT2D eigenvalue weighted by Crippen LogP contribution is -2.45. The standard InChI is InChI=1S/C23H15Cl2FN4O4/c1-29(22(32)33)21-27-15-8-6-11(10-16(15)28-21)23(34)13-5-3-2-4-12(13)20(31)30(23)17-9-7-14(24)18(25)19(17)26/h2-10,34H,1H3,(H,27,28)(H,32,33). The van der Waals surface area contributed by atoms with Crippen molar-refractivity contribution in [2.75, 3.05) is 16.8 Å². The van der Waals surface area contributed by atoms with E-state index in [4.69, 9.17) is 23.2 Å². The zero-order valence-electron chi connectivity index (χ0n) is 17.4. The highest BCUT2D eigenvalue weighted by Crippen LogP contribution is 2.47. The first-order valence-electron chi connectivity index (χ1n) is 9.91. The number of halogens is 3. The van der Waals surface area contributed by atoms with Crippen molar-refractivity contribution >= 4 is 57.9 Å². The van der Waals surface area contributed by atoms with Crippen molar-refractivity contribution in [3.8, 4) is 0 Å². The van der Waals surface area contributed by atoms with Crippen LogP contribution in [0.1, 0.15) is 21.5 Å². The van der Waals surface area contributed by atoms with Gasteiger partial charge in [-0.3, -0.25) is 14.6 Å². The van der Waals surface area contributed by atoms with Gasteiger partial charge in [-0.15, -0.1) is 0 Å². The number of fused-ring (bicyclic) bond motifs is 2. The minimum Gasteiger partial charge on any atom is -0.465 e. The van der Waals surface area contributed by atoms with Gasteiger partial charge in [0.25, 0.3) is 5.91 Å². The maximum Gasteiger partial charge on any atom is 0.413 e. The van der Waals surface area contributed by atoms with Crippen LogP contribution in [-0.4, -0.2) is 39.2 Å². The van der Waals surface area contributed by atoms with Crippen LogP contribution >= 0.6 is 23.2 Å². The average molecular weight is 501 g/mol. The molecule has 3 aromatic carbocycles. The van der Waals surface area contributed by atoms with Gasteiger partial charge in [-0.1, -0.05) is 47.5 Å². The summed E-state index contributed by atoms with van der Waals surface area (Å²) in [6, 6.07) is 13.6. The summed E-state index contributed by atoms with van der Waals surface area (Å²) in [5.74, 6) is -1.52. The Morgan fingerprint density at radius 3 is 2.65 bits per heavy atom. The van der Waals surface area contributed by atoms with Gasteiger partial charge in [-0.2, -0.15) is 0 Å². The van der Waals surface area contributed by atoms with Gasteiger partial charge >= 0.3 is 6.09 Å². The number of H-pyrrole nitrogens is 1. The van der Waals surface area contributed by atoms with Crippen LogP contribution in [0, 0.1) is 5.82 Å². The third-order valence-electron chi connectivity index (χ3n) is 5.79. The number of imidazole rings is 1. The second-order valence-corrected chi connectivity index (χ2v) is 8.47. The number of hydrogen-bond acceptors (Lipinski definition) is 4. The molecule has 172 valence electrons. The molecule has 0 radical (unpaired) electrons. The molecule has 3 N–H and O–H groups in total. The van der Waals surface area contributed by atoms with Crippen LogP contribution in [-0.2, 0) is 5.72 Å². The summed E-state index contributed by atoms with van der Waals surface area (Å²) >= 11 is 11.9. The molecule has 0 saturated heterocycles. The number of benzene rings is 3. The lowest BCUT2D eigenvalue weighted by molar-refractivity contribution is 0.0699. The first-order valence-corrected chi connectivity index (χ1v) is 10.7. The van der Waals surface area contributed by atoms with E-state index in [2.05, 4.69) is 9.97 Å². The molecule has 0 aliphatic carbocycles. The quantitative estimate of drug-likeness (QED) is 0.343. The number of carbonyl (C=O) groups excluding carboxylic acids is 1. The van der Waals surface area contributed by atoms with E-state index < -0.39 is 23.5 Å². The summed E-state index contributed by atoms with van der Waals surface area (Å²) in [7, 11) is 1.33. The van der Waals surface area contributed by atoms with Gasteiger partial charge in [0, 0.05) is 23.7 Å². The first kappa shape index (κ1) is 22.1. The number of rotatable bonds is 3. The molecule has 2 heterocycles. The number of carbonyl (C=O) groups is 2. The molecule has 1 unspecified atom stereocenters. The number of nitrogens with zero attached hydrogens (tertiary/aromatic N) is 3. The van der Waals surface area contributed by atoms with E-state index in [1.165, 1.54) is 37.4 Å². The number of anilines is 2. The molecule has 1 aromatic heterocycles. The summed E-state index contributed by atoms with van der Waals surface area (Å²) in [6.07, 6.45) is -1.21. The maximum absolute atomic E-state index is 15.2. The van der Waals surface area contributed by atoms with Crippen molar-refractivity contribution < 1.29 is 24.2 Å². The number of carboxylic acid groups (broad SMARTS) is 1. The van der Waals surface area contributed by atoms with Gasteiger partial charge in [-0.05, 0) is 30.3 Å². The molecule has 1 atom stereocenters. The minimum atomic E-state index is -2.11. The molecule has 0 fully saturated rings. The fourth-order valence-electron chi connectivity index (χ4n) is 4.08. The maximum atomic E-state index is 15.2. The lowest BCUT2D eigenvalue weighted by Gasteiger charge is -2.35. The van der Waals surface area contributed by atoms with E-state index in [1.54, 1.807) is 24.3 Å². The third-order valence-corrected chi connectivity index (χ3v) is 6.57. The Hall–Kier alpha value is -3.66. The summed E-state index contributed by atoms with van der Waals surface area (Å²) in [5.41, 5.74) is -0.880. The Bertz CT molecular complexity index is 1510. The topological polar surface area (TPSA) is 110 Å². The Balaban J connectivity index is 1.74. The smallest absolute Gasteiger partial charge is 0.413 e. The highest BCUT2D eigenvalue weighted by molar-refractivity contribution is 6.42. The van der Waals surface area contributed by atoms with E-state index in [1.807, 2.05) is 0 Å². The number of aromatic amines is 1. The second-order valence-electron chi connectivity index (χ2n) is 7.69. The molecule has 34 heavy (non-hydrogen) atoms. The average Bonchev–Trinajstić information content (AvgIpc) is 3.35. The Labute approximate surface area is 201 Å². The summed E-state index contributed by atoms with van der Waals surface area (Å²) in [6.45, 7) is 0. The number of nitrogens with one attached hydrogen (secondary N) is 1. The fraction of sp³-hybridized carbons (Fsp3) is 0.0870. The Morgan fingerprint density at radius 2 is 1.91 bits per heavy atom. The zero-order valence-corrected chi connectivity index (χ0v) is 18.9. The fourth-order valence-corrected chi connectivity index (χ4v) is 4.39. The molecular formula is C23H15Cl2FN4O4. The van der Waals surface area contributed by atoms with Crippen molar-refractivity contribution in [1.82, 2.24) is 9.97 Å². The van der Waals surface area contributed by atoms with Gasteiger partial charge in [0.1, 0.15) is 0 Å². The number of hydrogen-bond donors (Lipinski definition) is 3. The zero-order chi connectivity index (χ0) is 24.4. The van der Waals surface area contributed by atoms with Crippen LogP contribution in [0.5, 0.6) is 0 Å². The number of aromatic nitrogens is 2. The molecule has 4 aromatic rings. The Morgan fingerprint density at radius 1 is 1.18 bits per heavy atom. The predicted molar refractivity (Wildman–Crippen MR) is 125 cm³/mol. The lowest BCUT2D eigenvalue weighted by atomic mass is 9.93. The van der Waals surface area contributed by atoms with Crippen molar-refractivity contribution in [2.45, 2.75) is 5.72 Å². The normalized spacial score (nSPS) is 17.3. The van der Waals surface area contributed by atoms with Crippen LogP contribution in [0.15, 0.2) is 54.6 Å². The summed E-state index contributed by atoms with van der Waals surface area (Å²) < 4.78 is 15.2. The van der Waals surface area contributed by atoms with Crippen LogP contribution in [0.3, 0.4) is 0 Å². The third kappa shape index (κ3) is 3.05. The molecule has 1 aliphatic heterocycles. The number of amides is 2. The van der Waals surface area contributed by atoms with Crippen LogP contribution < -0.4 is 9.80 Å². The Kier molecular flexibility index (Phi) is 5.01. The second kappa shape index (κ2) is 7.69. The van der Waals surface area contributed by atoms with Crippen molar-refractivity contribution in [3.05, 3.63) is 87.2 Å². The van der Waals surface area contributed by atoms with Crippen molar-refractivity contribution in [2.24, 2.45) is 0 Å². The SMILES string of the molecule is CN(C(=O)O)c1nc2ccc(C3(O)c4ccccc4C(=O)N3c3ccc(Cl)c(Cl)c3F)cc2[nH]1. The molecule has 11 heteroatoms. The molecule has 1 aliphatic rings. The van der Waals surface area contributed by atoms with Gasteiger partial charge in [0.15, 0.2) is 11.5 Å². The highest BCUT2D eigenvalue weighted by atomic mass is 35.5. The van der Waals surface area contributed by atoms with Crippen LogP contribution in [0.2, 0.25) is 10.0 Å². The summed E-state index contributed by atoms with van der Waals surface area (Å²) in [5, 5.41) is 20.9. The van der Waals surface area contributed by atoms with E-state index in [-0.39, 0.29) is 38.4 Å². The summed E-state index contributed by atoms with van der Waals surface area (Å²) in [4.78, 5) is 33.6. The van der Waals surface area contributed by atoms with Crippen LogP contribution in [0.25, 0.3) is 11.0 Å². The van der Waals surface area contributed by atoms with E-state index in [0.29, 0.717) is 11.0 Å². The largest absolute Gasteiger partial charge is 0.465 e. The van der Waals surface area contributed by atoms with Gasteiger partial charge in [-0.25, -0.2) is 14.2 Å². The predicted octanol–water partition coefficient (Wildman–Crippen LogP) is 4.98. The molecule has 2 amide bonds. The van der Waals surface area contributed by atoms with Crippen molar-refractivity contribution in [3.63, 3.8) is 0 Å². The van der Waals surface area contributed by atoms with Gasteiger partial charge in [0.05, 0.1) is 26.8 Å². The van der Waals surface area contributed by atoms with E-state index in [0.717, 1.165) is 9.80 Å². The van der Waals surface area contributed by atoms with Gasteiger partial charge < -0.3 is 15.2 Å². The number of aliphatic hydroxyl groups is 1. The van der Waals surface area contributed by atoms with E-state index in [9.17, 15) is 19.8 Å². The monoisotopic (exact) mass is 500 g/mol. The van der Waals surface area contributed by atoms with E-state index >= 15 is 4.39 Å². The first-order chi connectivity index (χ1) is 16.1. The molecule has 5 rings (SSSR count). The minimum absolute atomic E-state index is 0.0374. The molecule has 0 saturated carbocycles. The molecular weight excluding hydrogens is 486 g/mol. The highest BCUT2D eigenvalue weighted by Gasteiger charge is 2.51. The molecule has 0 bridgehead atoms. The van der Waals surface area contributed by atoms with Gasteiger partial charge in [0.2, 0.25) is 5.95 Å².